The third-order valence-electron chi connectivity index (χ3n) is 3.58. The molecule has 1 amide bonds. The summed E-state index contributed by atoms with van der Waals surface area (Å²) in [5.41, 5.74) is 5.85. The van der Waals surface area contributed by atoms with Gasteiger partial charge >= 0.3 is 0 Å². The van der Waals surface area contributed by atoms with Crippen molar-refractivity contribution < 1.29 is 4.79 Å². The maximum absolute atomic E-state index is 11.9. The third-order valence-corrected chi connectivity index (χ3v) is 3.58. The fourth-order valence-corrected chi connectivity index (χ4v) is 2.38. The molecule has 4 nitrogen and oxygen atoms in total. The van der Waals surface area contributed by atoms with Crippen LogP contribution in [0.15, 0.2) is 0 Å². The Morgan fingerprint density at radius 1 is 1.28 bits per heavy atom. The monoisotopic (exact) mass is 255 g/mol. The SMILES string of the molecule is CC(C)CN1CCC(NC(=O)[C@@H](N)C(C)C)CC1. The first kappa shape index (κ1) is 15.4. The van der Waals surface area contributed by atoms with E-state index >= 15 is 0 Å². The van der Waals surface area contributed by atoms with E-state index in [0.717, 1.165) is 32.5 Å². The lowest BCUT2D eigenvalue weighted by Gasteiger charge is -2.33. The molecule has 1 fully saturated rings. The Labute approximate surface area is 111 Å². The van der Waals surface area contributed by atoms with Crippen molar-refractivity contribution in [3.8, 4) is 0 Å². The van der Waals surface area contributed by atoms with Crippen molar-refractivity contribution in [2.45, 2.75) is 52.6 Å². The van der Waals surface area contributed by atoms with Gasteiger partial charge in [0, 0.05) is 25.7 Å². The molecule has 1 heterocycles. The number of rotatable bonds is 5. The molecule has 4 heteroatoms. The number of nitrogens with two attached hydrogens (primary N) is 1. The number of piperidine rings is 1. The predicted octanol–water partition coefficient (Wildman–Crippen LogP) is 1.21. The van der Waals surface area contributed by atoms with Gasteiger partial charge in [0.2, 0.25) is 5.91 Å². The molecular weight excluding hydrogens is 226 g/mol. The van der Waals surface area contributed by atoms with Crippen molar-refractivity contribution in [3.63, 3.8) is 0 Å². The van der Waals surface area contributed by atoms with Gasteiger partial charge < -0.3 is 16.0 Å². The Balaban J connectivity index is 2.29. The minimum absolute atomic E-state index is 0.00677. The van der Waals surface area contributed by atoms with Gasteiger partial charge in [0.25, 0.3) is 0 Å². The summed E-state index contributed by atoms with van der Waals surface area (Å²) in [4.78, 5) is 14.3. The summed E-state index contributed by atoms with van der Waals surface area (Å²) in [7, 11) is 0. The van der Waals surface area contributed by atoms with E-state index < -0.39 is 0 Å². The minimum atomic E-state index is -0.376. The van der Waals surface area contributed by atoms with Crippen molar-refractivity contribution in [2.24, 2.45) is 17.6 Å². The Bertz CT molecular complexity index is 258. The van der Waals surface area contributed by atoms with Gasteiger partial charge in [-0.25, -0.2) is 0 Å². The van der Waals surface area contributed by atoms with Crippen molar-refractivity contribution >= 4 is 5.91 Å². The lowest BCUT2D eigenvalue weighted by Crippen LogP contribution is -2.51. The molecule has 1 rings (SSSR count). The summed E-state index contributed by atoms with van der Waals surface area (Å²) < 4.78 is 0. The van der Waals surface area contributed by atoms with Crippen LogP contribution in [0.1, 0.15) is 40.5 Å². The average molecular weight is 255 g/mol. The fraction of sp³-hybridized carbons (Fsp3) is 0.929. The van der Waals surface area contributed by atoms with Crippen LogP contribution in [0.2, 0.25) is 0 Å². The van der Waals surface area contributed by atoms with Crippen LogP contribution in [0.3, 0.4) is 0 Å². The summed E-state index contributed by atoms with van der Waals surface area (Å²) in [6.45, 7) is 11.8. The smallest absolute Gasteiger partial charge is 0.237 e. The molecule has 1 saturated heterocycles. The van der Waals surface area contributed by atoms with E-state index in [1.54, 1.807) is 0 Å². The van der Waals surface area contributed by atoms with Crippen molar-refractivity contribution in [2.75, 3.05) is 19.6 Å². The third kappa shape index (κ3) is 4.94. The summed E-state index contributed by atoms with van der Waals surface area (Å²) in [5, 5.41) is 3.08. The van der Waals surface area contributed by atoms with E-state index in [1.165, 1.54) is 0 Å². The molecule has 1 aliphatic rings. The zero-order chi connectivity index (χ0) is 13.7. The zero-order valence-electron chi connectivity index (χ0n) is 12.3. The molecule has 1 atom stereocenters. The van der Waals surface area contributed by atoms with Crippen LogP contribution in [0, 0.1) is 11.8 Å². The highest BCUT2D eigenvalue weighted by molar-refractivity contribution is 5.82. The number of nitrogens with zero attached hydrogens (tertiary/aromatic N) is 1. The van der Waals surface area contributed by atoms with Crippen LogP contribution in [0.5, 0.6) is 0 Å². The second-order valence-corrected chi connectivity index (χ2v) is 6.25. The fourth-order valence-electron chi connectivity index (χ4n) is 2.38. The van der Waals surface area contributed by atoms with Gasteiger partial charge in [-0.2, -0.15) is 0 Å². The lowest BCUT2D eigenvalue weighted by atomic mass is 10.0. The van der Waals surface area contributed by atoms with Crippen molar-refractivity contribution in [3.05, 3.63) is 0 Å². The zero-order valence-corrected chi connectivity index (χ0v) is 12.3. The van der Waals surface area contributed by atoms with Gasteiger partial charge in [-0.1, -0.05) is 27.7 Å². The number of hydrogen-bond acceptors (Lipinski definition) is 3. The second-order valence-electron chi connectivity index (χ2n) is 6.25. The molecular formula is C14H29N3O. The first-order chi connectivity index (χ1) is 8.40. The van der Waals surface area contributed by atoms with Crippen molar-refractivity contribution in [1.82, 2.24) is 10.2 Å². The Kier molecular flexibility index (Phi) is 6.09. The summed E-state index contributed by atoms with van der Waals surface area (Å²) >= 11 is 0. The molecule has 3 N–H and O–H groups in total. The van der Waals surface area contributed by atoms with E-state index in [2.05, 4.69) is 24.1 Å². The Hall–Kier alpha value is -0.610. The van der Waals surface area contributed by atoms with Gasteiger partial charge in [0.15, 0.2) is 0 Å². The number of carbonyl (C=O) groups excluding carboxylic acids is 1. The molecule has 0 spiro atoms. The molecule has 0 saturated carbocycles. The standard InChI is InChI=1S/C14H29N3O/c1-10(2)9-17-7-5-12(6-8-17)16-14(18)13(15)11(3)4/h10-13H,5-9,15H2,1-4H3,(H,16,18)/t13-/m0/s1. The van der Waals surface area contributed by atoms with Gasteiger partial charge in [0.05, 0.1) is 6.04 Å². The predicted molar refractivity (Wildman–Crippen MR) is 75.3 cm³/mol. The highest BCUT2D eigenvalue weighted by atomic mass is 16.2. The molecule has 0 aliphatic carbocycles. The van der Waals surface area contributed by atoms with E-state index in [1.807, 2.05) is 13.8 Å². The number of likely N-dealkylation sites (tertiary alicyclic amines) is 1. The molecule has 0 bridgehead atoms. The van der Waals surface area contributed by atoms with E-state index in [9.17, 15) is 4.79 Å². The van der Waals surface area contributed by atoms with Gasteiger partial charge in [0.1, 0.15) is 0 Å². The first-order valence-corrected chi connectivity index (χ1v) is 7.18. The Morgan fingerprint density at radius 2 is 1.83 bits per heavy atom. The average Bonchev–Trinajstić information content (AvgIpc) is 2.29. The highest BCUT2D eigenvalue weighted by Gasteiger charge is 2.24. The molecule has 0 unspecified atom stereocenters. The summed E-state index contributed by atoms with van der Waals surface area (Å²) in [5.74, 6) is 0.920. The van der Waals surface area contributed by atoms with Crippen LogP contribution >= 0.6 is 0 Å². The largest absolute Gasteiger partial charge is 0.352 e. The van der Waals surface area contributed by atoms with E-state index in [4.69, 9.17) is 5.73 Å². The number of amides is 1. The molecule has 0 aromatic carbocycles. The van der Waals surface area contributed by atoms with Crippen LogP contribution in [-0.2, 0) is 4.79 Å². The van der Waals surface area contributed by atoms with Crippen LogP contribution < -0.4 is 11.1 Å². The van der Waals surface area contributed by atoms with Crippen molar-refractivity contribution in [1.29, 1.82) is 0 Å². The molecule has 18 heavy (non-hydrogen) atoms. The second kappa shape index (κ2) is 7.10. The maximum atomic E-state index is 11.9. The van der Waals surface area contributed by atoms with Crippen LogP contribution in [-0.4, -0.2) is 42.5 Å². The highest BCUT2D eigenvalue weighted by Crippen LogP contribution is 2.12. The first-order valence-electron chi connectivity index (χ1n) is 7.18. The molecule has 0 aromatic heterocycles. The topological polar surface area (TPSA) is 58.4 Å². The van der Waals surface area contributed by atoms with Gasteiger partial charge in [-0.05, 0) is 24.7 Å². The number of carbonyl (C=O) groups is 1. The minimum Gasteiger partial charge on any atom is -0.352 e. The van der Waals surface area contributed by atoms with E-state index in [-0.39, 0.29) is 17.9 Å². The molecule has 0 radical (unpaired) electrons. The number of hydrogen-bond donors (Lipinski definition) is 2. The summed E-state index contributed by atoms with van der Waals surface area (Å²) in [6.07, 6.45) is 2.09. The van der Waals surface area contributed by atoms with Crippen LogP contribution in [0.4, 0.5) is 0 Å². The van der Waals surface area contributed by atoms with Gasteiger partial charge in [-0.15, -0.1) is 0 Å². The quantitative estimate of drug-likeness (QED) is 0.776. The number of nitrogens with one attached hydrogen (secondary N) is 1. The molecule has 106 valence electrons. The molecule has 0 aromatic rings. The van der Waals surface area contributed by atoms with Crippen LogP contribution in [0.25, 0.3) is 0 Å². The normalized spacial score (nSPS) is 20.4. The Morgan fingerprint density at radius 3 is 2.28 bits per heavy atom. The summed E-state index contributed by atoms with van der Waals surface area (Å²) in [6, 6.07) is -0.0654. The lowest BCUT2D eigenvalue weighted by molar-refractivity contribution is -0.124. The van der Waals surface area contributed by atoms with Gasteiger partial charge in [-0.3, -0.25) is 4.79 Å². The molecule has 1 aliphatic heterocycles. The van der Waals surface area contributed by atoms with E-state index in [0.29, 0.717) is 12.0 Å². The maximum Gasteiger partial charge on any atom is 0.237 e.